The lowest BCUT2D eigenvalue weighted by atomic mass is 10.1. The normalized spacial score (nSPS) is 17.0. The van der Waals surface area contributed by atoms with E-state index in [1.807, 2.05) is 42.5 Å². The van der Waals surface area contributed by atoms with E-state index >= 15 is 0 Å². The van der Waals surface area contributed by atoms with Crippen LogP contribution < -0.4 is 15.0 Å². The molecule has 164 valence electrons. The van der Waals surface area contributed by atoms with Crippen molar-refractivity contribution in [3.8, 4) is 5.75 Å². The van der Waals surface area contributed by atoms with Crippen LogP contribution in [0.25, 0.3) is 0 Å². The number of nitrogens with zero attached hydrogens (tertiary/aromatic N) is 2. The molecule has 2 aromatic carbocycles. The van der Waals surface area contributed by atoms with E-state index in [0.29, 0.717) is 30.5 Å². The summed E-state index contributed by atoms with van der Waals surface area (Å²) in [5, 5.41) is 3.73. The van der Waals surface area contributed by atoms with Gasteiger partial charge in [0, 0.05) is 24.4 Å². The van der Waals surface area contributed by atoms with Crippen LogP contribution in [0.4, 0.5) is 5.69 Å². The van der Waals surface area contributed by atoms with Crippen LogP contribution in [-0.4, -0.2) is 49.5 Å². The summed E-state index contributed by atoms with van der Waals surface area (Å²) in [6.07, 6.45) is 2.67. The van der Waals surface area contributed by atoms with E-state index in [4.69, 9.17) is 16.3 Å². The second-order valence-electron chi connectivity index (χ2n) is 7.98. The number of rotatable bonds is 7. The molecule has 2 aliphatic heterocycles. The number of hydrogen-bond acceptors (Lipinski definition) is 4. The fourth-order valence-electron chi connectivity index (χ4n) is 4.31. The highest BCUT2D eigenvalue weighted by Gasteiger charge is 2.26. The number of nitrogens with one attached hydrogen (secondary N) is 1. The number of hydrogen-bond donors (Lipinski definition) is 1. The maximum absolute atomic E-state index is 12.7. The summed E-state index contributed by atoms with van der Waals surface area (Å²) >= 11 is 6.20. The minimum atomic E-state index is -0.110. The monoisotopic (exact) mass is 441 g/mol. The number of ether oxygens (including phenoxy) is 1. The lowest BCUT2D eigenvalue weighted by molar-refractivity contribution is -0.125. The molecule has 0 aromatic heterocycles. The van der Waals surface area contributed by atoms with Crippen LogP contribution in [0.2, 0.25) is 5.02 Å². The molecule has 7 heteroatoms. The van der Waals surface area contributed by atoms with E-state index < -0.39 is 0 Å². The molecule has 1 N–H and O–H groups in total. The van der Waals surface area contributed by atoms with Crippen LogP contribution in [0.5, 0.6) is 5.75 Å². The number of carbonyl (C=O) groups is 2. The van der Waals surface area contributed by atoms with E-state index in [1.54, 1.807) is 4.90 Å². The van der Waals surface area contributed by atoms with Gasteiger partial charge in [0.15, 0.2) is 0 Å². The summed E-state index contributed by atoms with van der Waals surface area (Å²) in [6.45, 7) is 3.51. The van der Waals surface area contributed by atoms with Gasteiger partial charge in [-0.2, -0.15) is 0 Å². The second kappa shape index (κ2) is 10.2. The molecule has 2 aliphatic rings. The van der Waals surface area contributed by atoms with Gasteiger partial charge in [0.05, 0.1) is 18.3 Å². The number of para-hydroxylation sites is 2. The predicted molar refractivity (Wildman–Crippen MR) is 122 cm³/mol. The van der Waals surface area contributed by atoms with E-state index in [9.17, 15) is 9.59 Å². The molecule has 6 nitrogen and oxygen atoms in total. The zero-order valence-corrected chi connectivity index (χ0v) is 18.3. The summed E-state index contributed by atoms with van der Waals surface area (Å²) in [5.74, 6) is 0.541. The summed E-state index contributed by atoms with van der Waals surface area (Å²) in [4.78, 5) is 29.4. The molecule has 2 amide bonds. The van der Waals surface area contributed by atoms with Gasteiger partial charge in [-0.15, -0.1) is 0 Å². The average molecular weight is 442 g/mol. The maximum Gasteiger partial charge on any atom is 0.227 e. The van der Waals surface area contributed by atoms with Gasteiger partial charge in [-0.3, -0.25) is 14.5 Å². The molecule has 31 heavy (non-hydrogen) atoms. The van der Waals surface area contributed by atoms with Crippen molar-refractivity contribution >= 4 is 29.1 Å². The molecule has 1 atom stereocenters. The number of benzene rings is 2. The quantitative estimate of drug-likeness (QED) is 0.710. The van der Waals surface area contributed by atoms with E-state index in [0.717, 1.165) is 24.3 Å². The first-order valence-electron chi connectivity index (χ1n) is 10.9. The number of likely N-dealkylation sites (tertiary alicyclic amines) is 1. The molecular weight excluding hydrogens is 414 g/mol. The molecule has 0 aliphatic carbocycles. The van der Waals surface area contributed by atoms with Gasteiger partial charge in [0.2, 0.25) is 11.8 Å². The summed E-state index contributed by atoms with van der Waals surface area (Å²) in [5.41, 5.74) is 1.88. The number of carbonyl (C=O) groups excluding carboxylic acids is 2. The lowest BCUT2D eigenvalue weighted by Crippen LogP contribution is -2.39. The van der Waals surface area contributed by atoms with Gasteiger partial charge >= 0.3 is 0 Å². The summed E-state index contributed by atoms with van der Waals surface area (Å²) in [7, 11) is 0. The minimum absolute atomic E-state index is 0.0585. The maximum atomic E-state index is 12.7. The molecule has 4 rings (SSSR count). The number of amides is 2. The highest BCUT2D eigenvalue weighted by Crippen LogP contribution is 2.31. The smallest absolute Gasteiger partial charge is 0.227 e. The molecular formula is C24H28ClN3O3. The van der Waals surface area contributed by atoms with Gasteiger partial charge in [-0.05, 0) is 55.8 Å². The first kappa shape index (κ1) is 21.7. The Bertz CT molecular complexity index is 930. The Morgan fingerprint density at radius 3 is 2.65 bits per heavy atom. The van der Waals surface area contributed by atoms with Gasteiger partial charge in [0.25, 0.3) is 0 Å². The topological polar surface area (TPSA) is 61.9 Å². The molecule has 0 bridgehead atoms. The molecule has 1 fully saturated rings. The van der Waals surface area contributed by atoms with Gasteiger partial charge in [-0.1, -0.05) is 35.9 Å². The largest absolute Gasteiger partial charge is 0.490 e. The Morgan fingerprint density at radius 1 is 1.03 bits per heavy atom. The molecule has 2 aromatic rings. The predicted octanol–water partition coefficient (Wildman–Crippen LogP) is 3.80. The number of halogens is 1. The average Bonchev–Trinajstić information content (AvgIpc) is 3.32. The fraction of sp³-hybridized carbons (Fsp3) is 0.417. The Kier molecular flexibility index (Phi) is 7.10. The third kappa shape index (κ3) is 5.38. The lowest BCUT2D eigenvalue weighted by Gasteiger charge is -2.29. The Hall–Kier alpha value is -2.57. The van der Waals surface area contributed by atoms with Crippen LogP contribution in [0.15, 0.2) is 48.5 Å². The Morgan fingerprint density at radius 2 is 1.84 bits per heavy atom. The van der Waals surface area contributed by atoms with Crippen LogP contribution in [0, 0.1) is 0 Å². The third-order valence-electron chi connectivity index (χ3n) is 5.90. The molecule has 1 unspecified atom stereocenters. The van der Waals surface area contributed by atoms with Crippen molar-refractivity contribution in [2.45, 2.75) is 31.7 Å². The highest BCUT2D eigenvalue weighted by atomic mass is 35.5. The van der Waals surface area contributed by atoms with Crippen molar-refractivity contribution < 1.29 is 14.3 Å². The zero-order chi connectivity index (χ0) is 21.6. The number of anilines is 1. The van der Waals surface area contributed by atoms with Crippen LogP contribution in [-0.2, 0) is 9.59 Å². The van der Waals surface area contributed by atoms with Crippen molar-refractivity contribution in [2.24, 2.45) is 0 Å². The van der Waals surface area contributed by atoms with Gasteiger partial charge < -0.3 is 15.0 Å². The molecule has 0 radical (unpaired) electrons. The SMILES string of the molecule is O=C(CCC(=O)N1CCOc2ccccc21)NCC(c1cccc(Cl)c1)N1CCCC1. The van der Waals surface area contributed by atoms with Crippen molar-refractivity contribution in [3.63, 3.8) is 0 Å². The van der Waals surface area contributed by atoms with Crippen LogP contribution in [0.3, 0.4) is 0 Å². The van der Waals surface area contributed by atoms with Gasteiger partial charge in [0.1, 0.15) is 12.4 Å². The van der Waals surface area contributed by atoms with E-state index in [-0.39, 0.29) is 30.7 Å². The summed E-state index contributed by atoms with van der Waals surface area (Å²) < 4.78 is 5.61. The van der Waals surface area contributed by atoms with Crippen LogP contribution in [0.1, 0.15) is 37.3 Å². The molecule has 1 saturated heterocycles. The summed E-state index contributed by atoms with van der Waals surface area (Å²) in [6, 6.07) is 15.4. The van der Waals surface area contributed by atoms with Crippen molar-refractivity contribution in [1.29, 1.82) is 0 Å². The molecule has 0 saturated carbocycles. The standard InChI is InChI=1S/C24H28ClN3O3/c25-19-7-5-6-18(16-19)21(27-12-3-4-13-27)17-26-23(29)10-11-24(30)28-14-15-31-22-9-2-1-8-20(22)28/h1-2,5-9,16,21H,3-4,10-15,17H2,(H,26,29). The van der Waals surface area contributed by atoms with Gasteiger partial charge in [-0.25, -0.2) is 0 Å². The second-order valence-corrected chi connectivity index (χ2v) is 8.42. The van der Waals surface area contributed by atoms with Crippen molar-refractivity contribution in [2.75, 3.05) is 37.7 Å². The van der Waals surface area contributed by atoms with Crippen LogP contribution >= 0.6 is 11.6 Å². The first-order valence-corrected chi connectivity index (χ1v) is 11.3. The Labute approximate surface area is 188 Å². The Balaban J connectivity index is 1.32. The highest BCUT2D eigenvalue weighted by molar-refractivity contribution is 6.30. The molecule has 0 spiro atoms. The van der Waals surface area contributed by atoms with Crippen molar-refractivity contribution in [3.05, 3.63) is 59.1 Å². The fourth-order valence-corrected chi connectivity index (χ4v) is 4.51. The van der Waals surface area contributed by atoms with E-state index in [1.165, 1.54) is 12.8 Å². The molecule has 2 heterocycles. The van der Waals surface area contributed by atoms with Crippen molar-refractivity contribution in [1.82, 2.24) is 10.2 Å². The number of fused-ring (bicyclic) bond motifs is 1. The minimum Gasteiger partial charge on any atom is -0.490 e. The first-order chi connectivity index (χ1) is 15.1. The van der Waals surface area contributed by atoms with E-state index in [2.05, 4.69) is 16.3 Å². The zero-order valence-electron chi connectivity index (χ0n) is 17.6. The third-order valence-corrected chi connectivity index (χ3v) is 6.14.